The van der Waals surface area contributed by atoms with Gasteiger partial charge in [0.2, 0.25) is 0 Å². The smallest absolute Gasteiger partial charge is 0.281 e. The van der Waals surface area contributed by atoms with Crippen molar-refractivity contribution >= 4 is 29.0 Å². The molecule has 2 heterocycles. The summed E-state index contributed by atoms with van der Waals surface area (Å²) < 4.78 is 1.77. The largest absolute Gasteiger partial charge is 0.379 e. The number of amides is 1. The molecule has 0 spiro atoms. The van der Waals surface area contributed by atoms with Crippen LogP contribution in [-0.2, 0) is 11.8 Å². The third kappa shape index (κ3) is 2.16. The summed E-state index contributed by atoms with van der Waals surface area (Å²) in [5, 5.41) is 11.8. The second-order valence-electron chi connectivity index (χ2n) is 3.55. The molecule has 1 N–H and O–H groups in total. The fraction of sp³-hybridized carbons (Fsp3) is 0.556. The van der Waals surface area contributed by atoms with E-state index in [0.29, 0.717) is 17.0 Å². The summed E-state index contributed by atoms with van der Waals surface area (Å²) in [6.07, 6.45) is 2.35. The Kier molecular flexibility index (Phi) is 2.99. The number of thioether (sulfide) groups is 1. The summed E-state index contributed by atoms with van der Waals surface area (Å²) in [7, 11) is 1.83. The third-order valence-electron chi connectivity index (χ3n) is 2.36. The molecular weight excluding hydrogens is 232 g/mol. The minimum Gasteiger partial charge on any atom is -0.379 e. The van der Waals surface area contributed by atoms with Gasteiger partial charge in [0, 0.05) is 24.4 Å². The van der Waals surface area contributed by atoms with E-state index in [1.807, 2.05) is 18.6 Å². The molecule has 1 amide bonds. The predicted molar refractivity (Wildman–Crippen MR) is 60.8 cm³/mol. The molecule has 0 saturated carbocycles. The van der Waals surface area contributed by atoms with Crippen molar-refractivity contribution < 1.29 is 9.90 Å². The number of hydrogen-bond acceptors (Lipinski definition) is 4. The monoisotopic (exact) mass is 244 g/mol. The van der Waals surface area contributed by atoms with Gasteiger partial charge >= 0.3 is 0 Å². The van der Waals surface area contributed by atoms with Gasteiger partial charge in [0.15, 0.2) is 10.4 Å². The Labute approximate surface area is 95.7 Å². The number of thiazole rings is 1. The summed E-state index contributed by atoms with van der Waals surface area (Å²) in [4.78, 5) is 16.3. The van der Waals surface area contributed by atoms with Crippen molar-refractivity contribution in [1.29, 1.82) is 0 Å². The second-order valence-corrected chi connectivity index (χ2v) is 5.53. The van der Waals surface area contributed by atoms with E-state index in [1.54, 1.807) is 16.3 Å². The van der Waals surface area contributed by atoms with Crippen LogP contribution in [0.2, 0.25) is 0 Å². The van der Waals surface area contributed by atoms with Crippen molar-refractivity contribution in [1.82, 2.24) is 4.57 Å². The van der Waals surface area contributed by atoms with E-state index in [9.17, 15) is 9.90 Å². The molecule has 1 saturated heterocycles. The van der Waals surface area contributed by atoms with E-state index in [4.69, 9.17) is 0 Å². The maximum absolute atomic E-state index is 11.8. The lowest BCUT2D eigenvalue weighted by Crippen LogP contribution is -2.38. The standard InChI is InChI=1S/C9H12N2O2S2/c1-11-3-5-15-8(11)10-7(12)9(13)2-4-14-6-9/h3,5,13H,2,4,6H2,1H3. The van der Waals surface area contributed by atoms with Crippen LogP contribution >= 0.6 is 23.1 Å². The molecule has 0 aliphatic carbocycles. The molecule has 1 atom stereocenters. The fourth-order valence-corrected chi connectivity index (χ4v) is 3.31. The van der Waals surface area contributed by atoms with Crippen LogP contribution < -0.4 is 4.80 Å². The zero-order valence-corrected chi connectivity index (χ0v) is 9.98. The van der Waals surface area contributed by atoms with Gasteiger partial charge in [-0.1, -0.05) is 0 Å². The van der Waals surface area contributed by atoms with Gasteiger partial charge in [0.1, 0.15) is 0 Å². The van der Waals surface area contributed by atoms with Gasteiger partial charge in [-0.2, -0.15) is 16.8 Å². The minimum absolute atomic E-state index is 0.412. The van der Waals surface area contributed by atoms with Crippen LogP contribution in [0.25, 0.3) is 0 Å². The minimum atomic E-state index is -1.23. The van der Waals surface area contributed by atoms with Gasteiger partial charge < -0.3 is 9.67 Å². The van der Waals surface area contributed by atoms with E-state index in [0.717, 1.165) is 5.75 Å². The Balaban J connectivity index is 2.27. The molecule has 1 aromatic heterocycles. The number of hydrogen-bond donors (Lipinski definition) is 1. The molecular formula is C9H12N2O2S2. The van der Waals surface area contributed by atoms with E-state index in [2.05, 4.69) is 4.99 Å². The first-order chi connectivity index (χ1) is 7.12. The van der Waals surface area contributed by atoms with E-state index >= 15 is 0 Å². The molecule has 1 unspecified atom stereocenters. The predicted octanol–water partition coefficient (Wildman–Crippen LogP) is 0.382. The average Bonchev–Trinajstić information content (AvgIpc) is 2.78. The first kappa shape index (κ1) is 10.9. The number of nitrogens with zero attached hydrogens (tertiary/aromatic N) is 2. The van der Waals surface area contributed by atoms with Crippen LogP contribution in [0.5, 0.6) is 0 Å². The molecule has 1 aliphatic heterocycles. The number of aromatic nitrogens is 1. The third-order valence-corrected chi connectivity index (χ3v) is 4.38. The summed E-state index contributed by atoms with van der Waals surface area (Å²) in [5.74, 6) is 0.879. The van der Waals surface area contributed by atoms with Crippen molar-refractivity contribution in [3.63, 3.8) is 0 Å². The van der Waals surface area contributed by atoms with Crippen molar-refractivity contribution in [3.05, 3.63) is 16.4 Å². The quantitative estimate of drug-likeness (QED) is 0.777. The molecule has 1 fully saturated rings. The van der Waals surface area contributed by atoms with Crippen LogP contribution in [0.1, 0.15) is 6.42 Å². The molecule has 2 rings (SSSR count). The van der Waals surface area contributed by atoms with Crippen LogP contribution in [0.15, 0.2) is 16.6 Å². The van der Waals surface area contributed by atoms with Crippen LogP contribution in [-0.4, -0.2) is 32.7 Å². The molecule has 0 bridgehead atoms. The van der Waals surface area contributed by atoms with Crippen molar-refractivity contribution in [3.8, 4) is 0 Å². The van der Waals surface area contributed by atoms with Crippen LogP contribution in [0.4, 0.5) is 0 Å². The summed E-state index contributed by atoms with van der Waals surface area (Å²) in [6.45, 7) is 0. The maximum atomic E-state index is 11.8. The molecule has 82 valence electrons. The molecule has 6 heteroatoms. The van der Waals surface area contributed by atoms with E-state index < -0.39 is 11.5 Å². The zero-order valence-electron chi connectivity index (χ0n) is 8.34. The van der Waals surface area contributed by atoms with Crippen molar-refractivity contribution in [2.45, 2.75) is 12.0 Å². The summed E-state index contributed by atoms with van der Waals surface area (Å²) in [5.41, 5.74) is -1.23. The lowest BCUT2D eigenvalue weighted by molar-refractivity contribution is -0.133. The maximum Gasteiger partial charge on any atom is 0.281 e. The lowest BCUT2D eigenvalue weighted by Gasteiger charge is -2.15. The molecule has 1 aromatic rings. The van der Waals surface area contributed by atoms with Gasteiger partial charge in [-0.15, -0.1) is 11.3 Å². The Hall–Kier alpha value is -0.590. The fourth-order valence-electron chi connectivity index (χ4n) is 1.35. The van der Waals surface area contributed by atoms with Crippen molar-refractivity contribution in [2.75, 3.05) is 11.5 Å². The van der Waals surface area contributed by atoms with Gasteiger partial charge in [-0.25, -0.2) is 0 Å². The average molecular weight is 244 g/mol. The van der Waals surface area contributed by atoms with E-state index in [-0.39, 0.29) is 0 Å². The highest BCUT2D eigenvalue weighted by atomic mass is 32.2. The van der Waals surface area contributed by atoms with Gasteiger partial charge in [-0.3, -0.25) is 4.79 Å². The van der Waals surface area contributed by atoms with Crippen molar-refractivity contribution in [2.24, 2.45) is 12.0 Å². The highest BCUT2D eigenvalue weighted by Gasteiger charge is 2.39. The van der Waals surface area contributed by atoms with Gasteiger partial charge in [0.25, 0.3) is 5.91 Å². The first-order valence-electron chi connectivity index (χ1n) is 4.61. The first-order valence-corrected chi connectivity index (χ1v) is 6.65. The second kappa shape index (κ2) is 4.11. The number of aryl methyl sites for hydroxylation is 1. The molecule has 1 aliphatic rings. The molecule has 15 heavy (non-hydrogen) atoms. The Morgan fingerprint density at radius 1 is 1.73 bits per heavy atom. The van der Waals surface area contributed by atoms with Crippen LogP contribution in [0, 0.1) is 0 Å². The molecule has 4 nitrogen and oxygen atoms in total. The topological polar surface area (TPSA) is 54.6 Å². The highest BCUT2D eigenvalue weighted by Crippen LogP contribution is 2.28. The zero-order chi connectivity index (χ0) is 10.9. The Morgan fingerprint density at radius 3 is 3.07 bits per heavy atom. The lowest BCUT2D eigenvalue weighted by atomic mass is 10.0. The number of aliphatic hydroxyl groups is 1. The number of carbonyl (C=O) groups excluding carboxylic acids is 1. The number of rotatable bonds is 1. The summed E-state index contributed by atoms with van der Waals surface area (Å²) >= 11 is 2.98. The normalized spacial score (nSPS) is 27.2. The SMILES string of the molecule is Cn1ccsc1=NC(=O)C1(O)CCSC1. The number of carbonyl (C=O) groups is 1. The Bertz CT molecular complexity index is 429. The molecule has 0 aromatic carbocycles. The highest BCUT2D eigenvalue weighted by molar-refractivity contribution is 7.99. The van der Waals surface area contributed by atoms with Crippen LogP contribution in [0.3, 0.4) is 0 Å². The summed E-state index contributed by atoms with van der Waals surface area (Å²) in [6, 6.07) is 0. The van der Waals surface area contributed by atoms with E-state index in [1.165, 1.54) is 11.3 Å². The van der Waals surface area contributed by atoms with Gasteiger partial charge in [-0.05, 0) is 12.2 Å². The molecule has 0 radical (unpaired) electrons. The Morgan fingerprint density at radius 2 is 2.53 bits per heavy atom. The van der Waals surface area contributed by atoms with Gasteiger partial charge in [0.05, 0.1) is 0 Å².